The van der Waals surface area contributed by atoms with Crippen LogP contribution >= 0.6 is 0 Å². The molecule has 20 heavy (non-hydrogen) atoms. The Kier molecular flexibility index (Phi) is 4.55. The molecule has 0 aromatic carbocycles. The molecule has 0 radical (unpaired) electrons. The third-order valence-electron chi connectivity index (χ3n) is 3.69. The van der Waals surface area contributed by atoms with E-state index in [4.69, 9.17) is 9.94 Å². The van der Waals surface area contributed by atoms with Crippen LogP contribution in [0.5, 0.6) is 5.75 Å². The van der Waals surface area contributed by atoms with Crippen molar-refractivity contribution in [3.63, 3.8) is 0 Å². The maximum absolute atomic E-state index is 12.6. The normalized spacial score (nSPS) is 21.0. The highest BCUT2D eigenvalue weighted by Gasteiger charge is 2.29. The number of rotatable bonds is 3. The number of oxime groups is 1. The van der Waals surface area contributed by atoms with Crippen LogP contribution in [0.4, 0.5) is 0 Å². The monoisotopic (exact) mass is 277 g/mol. The van der Waals surface area contributed by atoms with Crippen LogP contribution in [-0.2, 0) is 0 Å². The lowest BCUT2D eigenvalue weighted by atomic mass is 9.93. The minimum atomic E-state index is -0.0697. The highest BCUT2D eigenvalue weighted by atomic mass is 16.5. The summed E-state index contributed by atoms with van der Waals surface area (Å²) in [5.74, 6) is 0.525. The minimum absolute atomic E-state index is 0.0697. The van der Waals surface area contributed by atoms with Crippen LogP contribution in [0, 0.1) is 5.92 Å². The Morgan fingerprint density at radius 3 is 3.10 bits per heavy atom. The van der Waals surface area contributed by atoms with Gasteiger partial charge in [0.25, 0.3) is 5.91 Å². The fraction of sp³-hybridized carbons (Fsp3) is 0.500. The maximum Gasteiger partial charge on any atom is 0.257 e. The molecule has 1 fully saturated rings. The molecule has 1 unspecified atom stereocenters. The first-order chi connectivity index (χ1) is 9.71. The second-order valence-corrected chi connectivity index (χ2v) is 4.77. The van der Waals surface area contributed by atoms with Crippen molar-refractivity contribution in [2.75, 3.05) is 20.2 Å². The number of methoxy groups -OCH3 is 1. The fourth-order valence-corrected chi connectivity index (χ4v) is 2.49. The molecule has 1 aliphatic rings. The number of pyridine rings is 1. The first kappa shape index (κ1) is 14.3. The van der Waals surface area contributed by atoms with Crippen molar-refractivity contribution >= 4 is 11.6 Å². The standard InChI is InChI=1S/C14H19N3O3/c1-3-10-9-17(7-5-12(10)16-19)14(18)11-4-6-15-8-13(11)20-2/h4,6,8,10,19H,3,5,7,9H2,1-2H3/b16-12+. The van der Waals surface area contributed by atoms with Crippen LogP contribution in [0.15, 0.2) is 23.6 Å². The molecule has 0 spiro atoms. The molecule has 6 nitrogen and oxygen atoms in total. The molecule has 2 heterocycles. The minimum Gasteiger partial charge on any atom is -0.494 e. The SMILES string of the molecule is CCC1CN(C(=O)c2ccncc2OC)CC/C1=N\O. The molecule has 1 aliphatic heterocycles. The average molecular weight is 277 g/mol. The summed E-state index contributed by atoms with van der Waals surface area (Å²) in [5, 5.41) is 12.3. The van der Waals surface area contributed by atoms with Gasteiger partial charge in [-0.1, -0.05) is 12.1 Å². The van der Waals surface area contributed by atoms with Crippen molar-refractivity contribution in [3.05, 3.63) is 24.0 Å². The molecule has 0 aliphatic carbocycles. The summed E-state index contributed by atoms with van der Waals surface area (Å²) in [6.07, 6.45) is 4.57. The largest absolute Gasteiger partial charge is 0.494 e. The van der Waals surface area contributed by atoms with E-state index < -0.39 is 0 Å². The summed E-state index contributed by atoms with van der Waals surface area (Å²) < 4.78 is 5.18. The van der Waals surface area contributed by atoms with Gasteiger partial charge in [-0.25, -0.2) is 0 Å². The van der Waals surface area contributed by atoms with Gasteiger partial charge in [-0.15, -0.1) is 0 Å². The molecule has 1 atom stereocenters. The van der Waals surface area contributed by atoms with Gasteiger partial charge in [-0.05, 0) is 12.5 Å². The van der Waals surface area contributed by atoms with E-state index in [0.29, 0.717) is 30.8 Å². The number of carbonyl (C=O) groups excluding carboxylic acids is 1. The smallest absolute Gasteiger partial charge is 0.257 e. The zero-order valence-corrected chi connectivity index (χ0v) is 11.7. The van der Waals surface area contributed by atoms with Crippen molar-refractivity contribution in [2.45, 2.75) is 19.8 Å². The first-order valence-corrected chi connectivity index (χ1v) is 6.69. The van der Waals surface area contributed by atoms with Crippen LogP contribution in [0.2, 0.25) is 0 Å². The zero-order chi connectivity index (χ0) is 14.5. The Morgan fingerprint density at radius 1 is 1.65 bits per heavy atom. The van der Waals surface area contributed by atoms with Gasteiger partial charge in [0.2, 0.25) is 0 Å². The molecule has 0 bridgehead atoms. The fourth-order valence-electron chi connectivity index (χ4n) is 2.49. The Labute approximate surface area is 118 Å². The Hall–Kier alpha value is -2.11. The lowest BCUT2D eigenvalue weighted by Crippen LogP contribution is -2.44. The molecule has 6 heteroatoms. The van der Waals surface area contributed by atoms with Crippen molar-refractivity contribution in [3.8, 4) is 5.75 Å². The van der Waals surface area contributed by atoms with Gasteiger partial charge < -0.3 is 14.8 Å². The van der Waals surface area contributed by atoms with Gasteiger partial charge in [0.1, 0.15) is 5.75 Å². The van der Waals surface area contributed by atoms with Gasteiger partial charge in [-0.2, -0.15) is 0 Å². The van der Waals surface area contributed by atoms with Crippen LogP contribution in [-0.4, -0.2) is 46.9 Å². The summed E-state index contributed by atoms with van der Waals surface area (Å²) >= 11 is 0. The number of hydrogen-bond acceptors (Lipinski definition) is 5. The van der Waals surface area contributed by atoms with Gasteiger partial charge >= 0.3 is 0 Å². The van der Waals surface area contributed by atoms with Gasteiger partial charge in [0.15, 0.2) is 0 Å². The third kappa shape index (κ3) is 2.74. The van der Waals surface area contributed by atoms with Crippen molar-refractivity contribution in [2.24, 2.45) is 11.1 Å². The molecule has 1 saturated heterocycles. The van der Waals surface area contributed by atoms with Gasteiger partial charge in [0.05, 0.1) is 24.6 Å². The molecule has 2 rings (SSSR count). The summed E-state index contributed by atoms with van der Waals surface area (Å²) in [6, 6.07) is 1.66. The van der Waals surface area contributed by atoms with Crippen molar-refractivity contribution in [1.82, 2.24) is 9.88 Å². The predicted octanol–water partition coefficient (Wildman–Crippen LogP) is 1.79. The average Bonchev–Trinajstić information content (AvgIpc) is 2.53. The second kappa shape index (κ2) is 6.36. The number of likely N-dealkylation sites (tertiary alicyclic amines) is 1. The van der Waals surface area contributed by atoms with Crippen molar-refractivity contribution < 1.29 is 14.7 Å². The lowest BCUT2D eigenvalue weighted by Gasteiger charge is -2.33. The van der Waals surface area contributed by atoms with E-state index in [9.17, 15) is 4.79 Å². The number of piperidine rings is 1. The summed E-state index contributed by atoms with van der Waals surface area (Å²) in [7, 11) is 1.52. The van der Waals surface area contributed by atoms with E-state index in [0.717, 1.165) is 12.1 Å². The highest BCUT2D eigenvalue weighted by Crippen LogP contribution is 2.23. The quantitative estimate of drug-likeness (QED) is 0.675. The number of nitrogens with zero attached hydrogens (tertiary/aromatic N) is 3. The number of ether oxygens (including phenoxy) is 1. The topological polar surface area (TPSA) is 75.0 Å². The lowest BCUT2D eigenvalue weighted by molar-refractivity contribution is 0.0725. The maximum atomic E-state index is 12.6. The van der Waals surface area contributed by atoms with Crippen LogP contribution in [0.25, 0.3) is 0 Å². The predicted molar refractivity (Wildman–Crippen MR) is 74.3 cm³/mol. The summed E-state index contributed by atoms with van der Waals surface area (Å²) in [5.41, 5.74) is 1.29. The molecular formula is C14H19N3O3. The second-order valence-electron chi connectivity index (χ2n) is 4.77. The summed E-state index contributed by atoms with van der Waals surface area (Å²) in [4.78, 5) is 18.3. The third-order valence-corrected chi connectivity index (χ3v) is 3.69. The number of carbonyl (C=O) groups is 1. The number of hydrogen-bond donors (Lipinski definition) is 1. The highest BCUT2D eigenvalue weighted by molar-refractivity contribution is 5.98. The van der Waals surface area contributed by atoms with E-state index >= 15 is 0 Å². The molecule has 0 saturated carbocycles. The van der Waals surface area contributed by atoms with Gasteiger partial charge in [0, 0.05) is 31.6 Å². The van der Waals surface area contributed by atoms with E-state index in [1.165, 1.54) is 13.3 Å². The van der Waals surface area contributed by atoms with Gasteiger partial charge in [-0.3, -0.25) is 9.78 Å². The molecular weight excluding hydrogens is 258 g/mol. The molecule has 1 aromatic heterocycles. The number of aromatic nitrogens is 1. The molecule has 1 amide bonds. The van der Waals surface area contributed by atoms with E-state index in [-0.39, 0.29) is 11.8 Å². The number of amides is 1. The van der Waals surface area contributed by atoms with E-state index in [2.05, 4.69) is 10.1 Å². The first-order valence-electron chi connectivity index (χ1n) is 6.69. The van der Waals surface area contributed by atoms with Crippen molar-refractivity contribution in [1.29, 1.82) is 0 Å². The van der Waals surface area contributed by atoms with E-state index in [1.807, 2.05) is 6.92 Å². The van der Waals surface area contributed by atoms with Crippen LogP contribution in [0.3, 0.4) is 0 Å². The zero-order valence-electron chi connectivity index (χ0n) is 11.7. The Balaban J connectivity index is 2.18. The molecule has 108 valence electrons. The summed E-state index contributed by atoms with van der Waals surface area (Å²) in [6.45, 7) is 3.15. The van der Waals surface area contributed by atoms with Crippen LogP contribution in [0.1, 0.15) is 30.1 Å². The Morgan fingerprint density at radius 2 is 2.45 bits per heavy atom. The Bertz CT molecular complexity index is 516. The van der Waals surface area contributed by atoms with Crippen LogP contribution < -0.4 is 4.74 Å². The van der Waals surface area contributed by atoms with E-state index in [1.54, 1.807) is 17.2 Å². The molecule has 1 N–H and O–H groups in total. The molecule has 1 aromatic rings.